The molecule has 5 heteroatoms. The van der Waals surface area contributed by atoms with Crippen LogP contribution < -0.4 is 10.6 Å². The summed E-state index contributed by atoms with van der Waals surface area (Å²) in [7, 11) is 0. The number of carbonyl (C=O) groups is 1. The molecule has 0 aromatic carbocycles. The predicted octanol–water partition coefficient (Wildman–Crippen LogP) is 1.46. The van der Waals surface area contributed by atoms with E-state index in [1.54, 1.807) is 11.3 Å². The number of rotatable bonds is 3. The van der Waals surface area contributed by atoms with Gasteiger partial charge in [-0.05, 0) is 33.2 Å². The zero-order chi connectivity index (χ0) is 12.3. The number of aromatic nitrogens is 1. The van der Waals surface area contributed by atoms with E-state index >= 15 is 0 Å². The minimum Gasteiger partial charge on any atom is -0.351 e. The van der Waals surface area contributed by atoms with Crippen LogP contribution in [0.4, 0.5) is 0 Å². The van der Waals surface area contributed by atoms with Crippen molar-refractivity contribution in [3.8, 4) is 0 Å². The molecule has 0 bridgehead atoms. The van der Waals surface area contributed by atoms with Crippen molar-refractivity contribution in [3.05, 3.63) is 16.1 Å². The van der Waals surface area contributed by atoms with Gasteiger partial charge < -0.3 is 10.6 Å². The van der Waals surface area contributed by atoms with Crippen molar-refractivity contribution in [2.45, 2.75) is 39.3 Å². The van der Waals surface area contributed by atoms with Crippen LogP contribution in [0, 0.1) is 12.8 Å². The molecule has 1 amide bonds. The summed E-state index contributed by atoms with van der Waals surface area (Å²) in [6.07, 6.45) is 3.72. The van der Waals surface area contributed by atoms with Gasteiger partial charge in [0, 0.05) is 23.0 Å². The zero-order valence-electron chi connectivity index (χ0n) is 10.3. The molecule has 1 aliphatic rings. The minimum atomic E-state index is 0.167. The van der Waals surface area contributed by atoms with Crippen molar-refractivity contribution in [3.63, 3.8) is 0 Å². The third-order valence-corrected chi connectivity index (χ3v) is 4.01. The Morgan fingerprint density at radius 2 is 2.53 bits per heavy atom. The van der Waals surface area contributed by atoms with Crippen molar-refractivity contribution in [1.29, 1.82) is 0 Å². The topological polar surface area (TPSA) is 54.0 Å². The summed E-state index contributed by atoms with van der Waals surface area (Å²) in [4.78, 5) is 17.3. The maximum absolute atomic E-state index is 12.0. The highest BCUT2D eigenvalue weighted by Gasteiger charge is 2.24. The van der Waals surface area contributed by atoms with E-state index in [-0.39, 0.29) is 11.8 Å². The smallest absolute Gasteiger partial charge is 0.223 e. The van der Waals surface area contributed by atoms with Crippen LogP contribution in [0.5, 0.6) is 0 Å². The number of piperidine rings is 1. The van der Waals surface area contributed by atoms with Crippen molar-refractivity contribution in [2.75, 3.05) is 6.54 Å². The third kappa shape index (κ3) is 3.51. The Bertz CT molecular complexity index is 391. The van der Waals surface area contributed by atoms with Crippen molar-refractivity contribution in [1.82, 2.24) is 15.6 Å². The molecule has 2 N–H and O–H groups in total. The molecule has 2 heterocycles. The number of hydrogen-bond acceptors (Lipinski definition) is 4. The van der Waals surface area contributed by atoms with Crippen LogP contribution >= 0.6 is 11.3 Å². The summed E-state index contributed by atoms with van der Waals surface area (Å²) in [6.45, 7) is 5.66. The van der Waals surface area contributed by atoms with Crippen LogP contribution in [0.15, 0.2) is 6.20 Å². The fourth-order valence-corrected chi connectivity index (χ4v) is 2.91. The standard InChI is InChI=1S/C12H19N3OS/c1-8-5-10(3-4-13-8)12(16)15-7-11-6-14-9(2)17-11/h6,8,10,13H,3-5,7H2,1-2H3,(H,15,16). The molecule has 4 nitrogen and oxygen atoms in total. The maximum Gasteiger partial charge on any atom is 0.223 e. The molecule has 17 heavy (non-hydrogen) atoms. The van der Waals surface area contributed by atoms with Crippen molar-refractivity contribution >= 4 is 17.2 Å². The van der Waals surface area contributed by atoms with Crippen LogP contribution in [-0.4, -0.2) is 23.5 Å². The fourth-order valence-electron chi connectivity index (χ4n) is 2.18. The predicted molar refractivity (Wildman–Crippen MR) is 68.9 cm³/mol. The molecule has 0 spiro atoms. The molecule has 1 aromatic rings. The van der Waals surface area contributed by atoms with E-state index in [9.17, 15) is 4.79 Å². The molecule has 2 atom stereocenters. The Balaban J connectivity index is 1.80. The quantitative estimate of drug-likeness (QED) is 0.857. The minimum absolute atomic E-state index is 0.167. The van der Waals surface area contributed by atoms with Crippen molar-refractivity contribution < 1.29 is 4.79 Å². The van der Waals surface area contributed by atoms with Crippen LogP contribution in [0.1, 0.15) is 29.7 Å². The van der Waals surface area contributed by atoms with Crippen LogP contribution in [0.2, 0.25) is 0 Å². The lowest BCUT2D eigenvalue weighted by Gasteiger charge is -2.26. The van der Waals surface area contributed by atoms with Gasteiger partial charge in [0.25, 0.3) is 0 Å². The normalized spacial score (nSPS) is 24.6. The molecule has 1 saturated heterocycles. The first-order chi connectivity index (χ1) is 8.15. The van der Waals surface area contributed by atoms with Gasteiger partial charge in [-0.25, -0.2) is 4.98 Å². The lowest BCUT2D eigenvalue weighted by molar-refractivity contribution is -0.126. The Morgan fingerprint density at radius 1 is 1.71 bits per heavy atom. The summed E-state index contributed by atoms with van der Waals surface area (Å²) in [5.74, 6) is 0.352. The Morgan fingerprint density at radius 3 is 3.18 bits per heavy atom. The van der Waals surface area contributed by atoms with Crippen molar-refractivity contribution in [2.24, 2.45) is 5.92 Å². The van der Waals surface area contributed by atoms with E-state index in [0.29, 0.717) is 12.6 Å². The Hall–Kier alpha value is -0.940. The molecule has 0 saturated carbocycles. The molecule has 1 aromatic heterocycles. The summed E-state index contributed by atoms with van der Waals surface area (Å²) in [5.41, 5.74) is 0. The number of aryl methyl sites for hydroxylation is 1. The molecular formula is C12H19N3OS. The van der Waals surface area contributed by atoms with E-state index in [4.69, 9.17) is 0 Å². The fraction of sp³-hybridized carbons (Fsp3) is 0.667. The second-order valence-corrected chi connectivity index (χ2v) is 5.96. The number of hydrogen-bond donors (Lipinski definition) is 2. The average molecular weight is 253 g/mol. The van der Waals surface area contributed by atoms with Crippen LogP contribution in [0.3, 0.4) is 0 Å². The van der Waals surface area contributed by atoms with Gasteiger partial charge in [0.05, 0.1) is 11.6 Å². The maximum atomic E-state index is 12.0. The van der Waals surface area contributed by atoms with Gasteiger partial charge in [0.2, 0.25) is 5.91 Å². The van der Waals surface area contributed by atoms with Gasteiger partial charge in [0.1, 0.15) is 0 Å². The summed E-state index contributed by atoms with van der Waals surface area (Å²) in [6, 6.07) is 0.449. The molecule has 2 unspecified atom stereocenters. The first kappa shape index (κ1) is 12.5. The van der Waals surface area contributed by atoms with Gasteiger partial charge >= 0.3 is 0 Å². The highest BCUT2D eigenvalue weighted by atomic mass is 32.1. The Kier molecular flexibility index (Phi) is 4.12. The van der Waals surface area contributed by atoms with Gasteiger partial charge in [0.15, 0.2) is 0 Å². The number of amides is 1. The van der Waals surface area contributed by atoms with Crippen LogP contribution in [0.25, 0.3) is 0 Å². The monoisotopic (exact) mass is 253 g/mol. The Labute approximate surface area is 106 Å². The summed E-state index contributed by atoms with van der Waals surface area (Å²) in [5, 5.41) is 7.41. The molecule has 2 rings (SSSR count). The molecule has 1 aliphatic heterocycles. The van der Waals surface area contributed by atoms with E-state index in [1.807, 2.05) is 13.1 Å². The average Bonchev–Trinajstić information content (AvgIpc) is 2.72. The van der Waals surface area contributed by atoms with Gasteiger partial charge in [-0.1, -0.05) is 0 Å². The number of nitrogens with one attached hydrogen (secondary N) is 2. The lowest BCUT2D eigenvalue weighted by Crippen LogP contribution is -2.42. The van der Waals surface area contributed by atoms with Gasteiger partial charge in [-0.3, -0.25) is 4.79 Å². The lowest BCUT2D eigenvalue weighted by atomic mass is 9.92. The second kappa shape index (κ2) is 5.60. The first-order valence-corrected chi connectivity index (χ1v) is 6.89. The van der Waals surface area contributed by atoms with Crippen LogP contribution in [-0.2, 0) is 11.3 Å². The highest BCUT2D eigenvalue weighted by molar-refractivity contribution is 7.11. The van der Waals surface area contributed by atoms with E-state index < -0.39 is 0 Å². The molecule has 0 aliphatic carbocycles. The summed E-state index contributed by atoms with van der Waals surface area (Å²) < 4.78 is 0. The first-order valence-electron chi connectivity index (χ1n) is 6.07. The van der Waals surface area contributed by atoms with E-state index in [2.05, 4.69) is 22.5 Å². The molecule has 0 radical (unpaired) electrons. The largest absolute Gasteiger partial charge is 0.351 e. The number of nitrogens with zero attached hydrogens (tertiary/aromatic N) is 1. The SMILES string of the molecule is Cc1ncc(CNC(=O)C2CCNC(C)C2)s1. The van der Waals surface area contributed by atoms with E-state index in [0.717, 1.165) is 29.3 Å². The molecular weight excluding hydrogens is 234 g/mol. The molecule has 1 fully saturated rings. The van der Waals surface area contributed by atoms with Gasteiger partial charge in [-0.15, -0.1) is 11.3 Å². The zero-order valence-corrected chi connectivity index (χ0v) is 11.1. The highest BCUT2D eigenvalue weighted by Crippen LogP contribution is 2.17. The number of carbonyl (C=O) groups excluding carboxylic acids is 1. The van der Waals surface area contributed by atoms with Gasteiger partial charge in [-0.2, -0.15) is 0 Å². The molecule has 94 valence electrons. The van der Waals surface area contributed by atoms with E-state index in [1.165, 1.54) is 0 Å². The number of thiazole rings is 1. The third-order valence-electron chi connectivity index (χ3n) is 3.10. The second-order valence-electron chi connectivity index (χ2n) is 4.64. The summed E-state index contributed by atoms with van der Waals surface area (Å²) >= 11 is 1.64.